The van der Waals surface area contributed by atoms with Gasteiger partial charge >= 0.3 is 0 Å². The van der Waals surface area contributed by atoms with E-state index in [9.17, 15) is 8.42 Å². The minimum absolute atomic E-state index is 0.00486. The SMILES string of the molecule is CS(=O)(=O)N1C[C@@H]2C[C@H]1CN2c1ccc(Nc2nccc(-c3ccc(C4CCOCC4)nc3)n2)cc1Cl. The highest BCUT2D eigenvalue weighted by Gasteiger charge is 2.47. The maximum atomic E-state index is 12.0. The third kappa shape index (κ3) is 5.03. The molecule has 0 radical (unpaired) electrons. The number of anilines is 3. The zero-order chi connectivity index (χ0) is 25.6. The predicted molar refractivity (Wildman–Crippen MR) is 144 cm³/mol. The van der Waals surface area contributed by atoms with Crippen LogP contribution in [0.3, 0.4) is 0 Å². The van der Waals surface area contributed by atoms with Gasteiger partial charge in [0.25, 0.3) is 0 Å². The molecule has 2 atom stereocenters. The fourth-order valence-electron chi connectivity index (χ4n) is 5.65. The van der Waals surface area contributed by atoms with Crippen molar-refractivity contribution in [2.75, 3.05) is 42.8 Å². The fourth-order valence-corrected chi connectivity index (χ4v) is 7.08. The van der Waals surface area contributed by atoms with Crippen molar-refractivity contribution in [2.24, 2.45) is 0 Å². The largest absolute Gasteiger partial charge is 0.381 e. The molecule has 0 aliphatic carbocycles. The van der Waals surface area contributed by atoms with E-state index in [1.165, 1.54) is 6.26 Å². The Labute approximate surface area is 221 Å². The molecule has 3 aliphatic heterocycles. The second-order valence-corrected chi connectivity index (χ2v) is 12.3. The van der Waals surface area contributed by atoms with Crippen LogP contribution in [0, 0.1) is 0 Å². The number of sulfonamides is 1. The zero-order valence-electron chi connectivity index (χ0n) is 20.5. The third-order valence-corrected chi connectivity index (χ3v) is 9.11. The van der Waals surface area contributed by atoms with Gasteiger partial charge in [0.15, 0.2) is 0 Å². The van der Waals surface area contributed by atoms with E-state index in [1.54, 1.807) is 10.5 Å². The maximum absolute atomic E-state index is 12.0. The van der Waals surface area contributed by atoms with E-state index >= 15 is 0 Å². The van der Waals surface area contributed by atoms with Gasteiger partial charge < -0.3 is 15.0 Å². The van der Waals surface area contributed by atoms with E-state index < -0.39 is 10.0 Å². The lowest BCUT2D eigenvalue weighted by atomic mass is 9.95. The number of aromatic nitrogens is 3. The number of halogens is 1. The third-order valence-electron chi connectivity index (χ3n) is 7.51. The molecule has 3 aliphatic rings. The van der Waals surface area contributed by atoms with Crippen LogP contribution in [0.4, 0.5) is 17.3 Å². The van der Waals surface area contributed by atoms with Gasteiger partial charge in [-0.05, 0) is 55.7 Å². The lowest BCUT2D eigenvalue weighted by Gasteiger charge is -2.34. The van der Waals surface area contributed by atoms with Gasteiger partial charge in [-0.15, -0.1) is 0 Å². The van der Waals surface area contributed by atoms with E-state index in [2.05, 4.69) is 32.3 Å². The van der Waals surface area contributed by atoms with Crippen molar-refractivity contribution in [3.05, 3.63) is 59.5 Å². The second-order valence-electron chi connectivity index (χ2n) is 9.94. The Morgan fingerprint density at radius 1 is 1.05 bits per heavy atom. The molecule has 0 unspecified atom stereocenters. The van der Waals surface area contributed by atoms with Crippen LogP contribution in [0.1, 0.15) is 30.9 Å². The molecule has 6 rings (SSSR count). The number of pyridine rings is 1. The van der Waals surface area contributed by atoms with Crippen molar-refractivity contribution < 1.29 is 13.2 Å². The molecule has 11 heteroatoms. The molecule has 3 saturated heterocycles. The first-order valence-corrected chi connectivity index (χ1v) is 14.7. The van der Waals surface area contributed by atoms with Gasteiger partial charge in [-0.3, -0.25) is 4.98 Å². The molecule has 1 aromatic carbocycles. The summed E-state index contributed by atoms with van der Waals surface area (Å²) in [6.45, 7) is 2.74. The Morgan fingerprint density at radius 3 is 2.57 bits per heavy atom. The molecular weight excluding hydrogens is 512 g/mol. The Bertz CT molecular complexity index is 1400. The number of nitrogens with zero attached hydrogens (tertiary/aromatic N) is 5. The summed E-state index contributed by atoms with van der Waals surface area (Å²) in [5.41, 5.74) is 4.51. The number of rotatable bonds is 6. The van der Waals surface area contributed by atoms with Gasteiger partial charge in [0.1, 0.15) is 0 Å². The summed E-state index contributed by atoms with van der Waals surface area (Å²) < 4.78 is 31.1. The highest BCUT2D eigenvalue weighted by Crippen LogP contribution is 2.39. The highest BCUT2D eigenvalue weighted by molar-refractivity contribution is 7.88. The van der Waals surface area contributed by atoms with Crippen LogP contribution in [0.15, 0.2) is 48.8 Å². The number of ether oxygens (including phenoxy) is 1. The van der Waals surface area contributed by atoms with Gasteiger partial charge in [-0.1, -0.05) is 11.6 Å². The monoisotopic (exact) mass is 540 g/mol. The molecule has 3 aromatic rings. The normalized spacial score (nSPS) is 22.5. The number of nitrogens with one attached hydrogen (secondary N) is 1. The van der Waals surface area contributed by atoms with E-state index in [0.717, 1.165) is 60.8 Å². The Kier molecular flexibility index (Phi) is 6.52. The van der Waals surface area contributed by atoms with E-state index in [1.807, 2.05) is 30.5 Å². The molecule has 3 fully saturated rings. The van der Waals surface area contributed by atoms with Crippen LogP contribution in [0.2, 0.25) is 5.02 Å². The average Bonchev–Trinajstić information content (AvgIpc) is 3.51. The number of fused-ring (bicyclic) bond motifs is 2. The fraction of sp³-hybridized carbons (Fsp3) is 0.423. The Morgan fingerprint density at radius 2 is 1.89 bits per heavy atom. The van der Waals surface area contributed by atoms with Gasteiger partial charge in [-0.25, -0.2) is 18.4 Å². The molecule has 5 heterocycles. The zero-order valence-corrected chi connectivity index (χ0v) is 22.1. The summed E-state index contributed by atoms with van der Waals surface area (Å²) in [6.07, 6.45) is 7.72. The quantitative estimate of drug-likeness (QED) is 0.500. The molecule has 0 amide bonds. The summed E-state index contributed by atoms with van der Waals surface area (Å²) in [4.78, 5) is 16.0. The lowest BCUT2D eigenvalue weighted by molar-refractivity contribution is 0.0845. The summed E-state index contributed by atoms with van der Waals surface area (Å²) in [7, 11) is -3.18. The topological polar surface area (TPSA) is 101 Å². The van der Waals surface area contributed by atoms with Crippen LogP contribution >= 0.6 is 11.6 Å². The minimum atomic E-state index is -3.18. The lowest BCUT2D eigenvalue weighted by Crippen LogP contribution is -2.48. The molecule has 9 nitrogen and oxygen atoms in total. The first-order valence-electron chi connectivity index (χ1n) is 12.5. The van der Waals surface area contributed by atoms with Gasteiger partial charge in [0, 0.05) is 73.6 Å². The first-order chi connectivity index (χ1) is 17.8. The van der Waals surface area contributed by atoms with Crippen molar-refractivity contribution in [2.45, 2.75) is 37.3 Å². The molecule has 1 N–H and O–H groups in total. The van der Waals surface area contributed by atoms with E-state index in [-0.39, 0.29) is 12.1 Å². The van der Waals surface area contributed by atoms with Crippen molar-refractivity contribution in [3.8, 4) is 11.3 Å². The maximum Gasteiger partial charge on any atom is 0.227 e. The molecule has 37 heavy (non-hydrogen) atoms. The molecule has 0 spiro atoms. The van der Waals surface area contributed by atoms with E-state index in [0.29, 0.717) is 30.0 Å². The van der Waals surface area contributed by atoms with Crippen LogP contribution in [-0.4, -0.2) is 72.3 Å². The minimum Gasteiger partial charge on any atom is -0.381 e. The standard InChI is InChI=1S/C26H29ClN6O3S/c1-37(34,35)33-16-20-13-21(33)15-32(20)25-5-3-19(12-22(25)27)30-26-28-9-6-24(31-26)18-2-4-23(29-14-18)17-7-10-36-11-8-17/h2-6,9,12,14,17,20-21H,7-8,10-11,13,15-16H2,1H3,(H,28,30,31)/t20-,21-/m0/s1. The summed E-state index contributed by atoms with van der Waals surface area (Å²) >= 11 is 6.67. The summed E-state index contributed by atoms with van der Waals surface area (Å²) in [6, 6.07) is 11.9. The Balaban J connectivity index is 1.14. The second kappa shape index (κ2) is 9.83. The number of benzene rings is 1. The smallest absolute Gasteiger partial charge is 0.227 e. The van der Waals surface area contributed by atoms with Gasteiger partial charge in [-0.2, -0.15) is 4.31 Å². The number of hydrogen-bond acceptors (Lipinski definition) is 8. The van der Waals surface area contributed by atoms with E-state index in [4.69, 9.17) is 21.3 Å². The highest BCUT2D eigenvalue weighted by atomic mass is 35.5. The van der Waals surface area contributed by atoms with Crippen LogP contribution < -0.4 is 10.2 Å². The summed E-state index contributed by atoms with van der Waals surface area (Å²) in [5, 5.41) is 3.85. The van der Waals surface area contributed by atoms with Gasteiger partial charge in [0.05, 0.1) is 22.7 Å². The van der Waals surface area contributed by atoms with Crippen LogP contribution in [0.25, 0.3) is 11.3 Å². The molecule has 194 valence electrons. The Hall–Kier alpha value is -2.79. The van der Waals surface area contributed by atoms with Crippen molar-refractivity contribution in [1.82, 2.24) is 19.3 Å². The molecule has 2 aromatic heterocycles. The first kappa shape index (κ1) is 24.5. The van der Waals surface area contributed by atoms with Gasteiger partial charge in [0.2, 0.25) is 16.0 Å². The predicted octanol–water partition coefficient (Wildman–Crippen LogP) is 4.05. The molecular formula is C26H29ClN6O3S. The van der Waals surface area contributed by atoms with Crippen molar-refractivity contribution >= 4 is 38.9 Å². The van der Waals surface area contributed by atoms with Crippen molar-refractivity contribution in [1.29, 1.82) is 0 Å². The number of piperazine rings is 1. The molecule has 2 bridgehead atoms. The number of hydrogen-bond donors (Lipinski definition) is 1. The van der Waals surface area contributed by atoms with Crippen molar-refractivity contribution in [3.63, 3.8) is 0 Å². The summed E-state index contributed by atoms with van der Waals surface area (Å²) in [5.74, 6) is 0.923. The van der Waals surface area contributed by atoms with Crippen LogP contribution in [0.5, 0.6) is 0 Å². The molecule has 0 saturated carbocycles. The average molecular weight is 541 g/mol. The van der Waals surface area contributed by atoms with Crippen LogP contribution in [-0.2, 0) is 14.8 Å².